The number of rotatable bonds is 28. The maximum atomic E-state index is 5.80. The molecule has 11 heteroatoms. The van der Waals surface area contributed by atoms with Gasteiger partial charge in [-0.05, 0) is 12.1 Å². The molecule has 0 fully saturated rings. The highest BCUT2D eigenvalue weighted by Crippen LogP contribution is 2.19. The molecule has 1 aromatic rings. The Hall–Kier alpha value is -1.54. The number of nitrogens with two attached hydrogens (primary N) is 1. The molecule has 0 aliphatic carbocycles. The largest absolute Gasteiger partial charge is 0.489 e. The van der Waals surface area contributed by atoms with E-state index in [0.717, 1.165) is 0 Å². The number of hydrogen-bond acceptors (Lipinski definition) is 11. The number of methoxy groups -OCH3 is 1. The zero-order valence-electron chi connectivity index (χ0n) is 21.7. The minimum absolute atomic E-state index is 0.443. The molecule has 0 saturated heterocycles. The summed E-state index contributed by atoms with van der Waals surface area (Å²) in [6, 6.07) is 7.38. The van der Waals surface area contributed by atoms with E-state index in [4.69, 9.17) is 53.1 Å². The van der Waals surface area contributed by atoms with Gasteiger partial charge in [-0.2, -0.15) is 0 Å². The summed E-state index contributed by atoms with van der Waals surface area (Å²) < 4.78 is 53.8. The standard InChI is InChI=1S/C25H45NO10/c1-27-6-7-28-8-9-29-10-11-30-12-13-31-14-15-32-16-17-33-18-19-34-20-21-35-22-23-36-25-5-3-2-4-24(25)26/h2-5H,6-23,26H2,1H3. The van der Waals surface area contributed by atoms with Crippen LogP contribution in [0.25, 0.3) is 0 Å². The number of benzene rings is 1. The Morgan fingerprint density at radius 1 is 0.444 bits per heavy atom. The highest BCUT2D eigenvalue weighted by atomic mass is 16.6. The van der Waals surface area contributed by atoms with Crippen LogP contribution in [0.2, 0.25) is 0 Å². The van der Waals surface area contributed by atoms with Gasteiger partial charge in [0.25, 0.3) is 0 Å². The van der Waals surface area contributed by atoms with E-state index in [-0.39, 0.29) is 0 Å². The Labute approximate surface area is 215 Å². The molecule has 0 atom stereocenters. The molecule has 210 valence electrons. The molecular formula is C25H45NO10. The normalized spacial score (nSPS) is 11.2. The minimum atomic E-state index is 0.443. The molecule has 0 unspecified atom stereocenters. The molecule has 0 saturated carbocycles. The van der Waals surface area contributed by atoms with Crippen LogP contribution >= 0.6 is 0 Å². The van der Waals surface area contributed by atoms with Crippen LogP contribution in [0.15, 0.2) is 24.3 Å². The predicted molar refractivity (Wildman–Crippen MR) is 135 cm³/mol. The van der Waals surface area contributed by atoms with Crippen LogP contribution in [0.5, 0.6) is 5.75 Å². The Kier molecular flexibility index (Phi) is 23.9. The van der Waals surface area contributed by atoms with Crippen molar-refractivity contribution < 1.29 is 47.4 Å². The Morgan fingerprint density at radius 3 is 1.08 bits per heavy atom. The molecule has 11 nitrogen and oxygen atoms in total. The van der Waals surface area contributed by atoms with Gasteiger partial charge < -0.3 is 53.1 Å². The molecule has 0 heterocycles. The SMILES string of the molecule is COCCOCCOCCOCCOCCOCCOCCOCCOCCOc1ccccc1N. The number of nitrogen functional groups attached to an aromatic ring is 1. The maximum absolute atomic E-state index is 5.80. The smallest absolute Gasteiger partial charge is 0.142 e. The zero-order valence-corrected chi connectivity index (χ0v) is 21.7. The lowest BCUT2D eigenvalue weighted by Gasteiger charge is -2.09. The van der Waals surface area contributed by atoms with E-state index in [1.54, 1.807) is 13.2 Å². The van der Waals surface area contributed by atoms with Crippen molar-refractivity contribution in [2.24, 2.45) is 0 Å². The van der Waals surface area contributed by atoms with Gasteiger partial charge in [-0.25, -0.2) is 0 Å². The molecule has 2 N–H and O–H groups in total. The fourth-order valence-electron chi connectivity index (χ4n) is 2.61. The van der Waals surface area contributed by atoms with Gasteiger partial charge in [0.15, 0.2) is 0 Å². The zero-order chi connectivity index (χ0) is 25.8. The maximum Gasteiger partial charge on any atom is 0.142 e. The Morgan fingerprint density at radius 2 is 0.750 bits per heavy atom. The van der Waals surface area contributed by atoms with Crippen molar-refractivity contribution in [3.8, 4) is 5.75 Å². The third kappa shape index (κ3) is 21.7. The number of ether oxygens (including phenoxy) is 10. The first-order valence-corrected chi connectivity index (χ1v) is 12.4. The van der Waals surface area contributed by atoms with Crippen LogP contribution in [-0.4, -0.2) is 126 Å². The van der Waals surface area contributed by atoms with Gasteiger partial charge in [0.1, 0.15) is 12.4 Å². The Balaban J connectivity index is 1.66. The van der Waals surface area contributed by atoms with Crippen molar-refractivity contribution >= 4 is 5.69 Å². The summed E-state index contributed by atoms with van der Waals surface area (Å²) in [5, 5.41) is 0. The second-order valence-corrected chi connectivity index (χ2v) is 7.28. The molecule has 0 aromatic heterocycles. The quantitative estimate of drug-likeness (QED) is 0.128. The third-order valence-electron chi connectivity index (χ3n) is 4.44. The van der Waals surface area contributed by atoms with Crippen LogP contribution in [0.1, 0.15) is 0 Å². The second kappa shape index (κ2) is 26.5. The van der Waals surface area contributed by atoms with Gasteiger partial charge in [-0.3, -0.25) is 0 Å². The van der Waals surface area contributed by atoms with E-state index >= 15 is 0 Å². The summed E-state index contributed by atoms with van der Waals surface area (Å²) in [6.45, 7) is 9.43. The van der Waals surface area contributed by atoms with Crippen molar-refractivity contribution in [1.29, 1.82) is 0 Å². The average Bonchev–Trinajstić information content (AvgIpc) is 2.89. The molecule has 0 aliphatic rings. The lowest BCUT2D eigenvalue weighted by molar-refractivity contribution is -0.0247. The van der Waals surface area contributed by atoms with Crippen molar-refractivity contribution in [1.82, 2.24) is 0 Å². The number of para-hydroxylation sites is 2. The van der Waals surface area contributed by atoms with E-state index in [9.17, 15) is 0 Å². The van der Waals surface area contributed by atoms with Crippen molar-refractivity contribution in [2.75, 3.05) is 132 Å². The Bertz CT molecular complexity index is 582. The molecule has 1 rings (SSSR count). The molecule has 0 spiro atoms. The monoisotopic (exact) mass is 519 g/mol. The van der Waals surface area contributed by atoms with E-state index < -0.39 is 0 Å². The lowest BCUT2D eigenvalue weighted by Crippen LogP contribution is -2.15. The van der Waals surface area contributed by atoms with E-state index in [2.05, 4.69) is 0 Å². The van der Waals surface area contributed by atoms with Crippen LogP contribution in [0, 0.1) is 0 Å². The second-order valence-electron chi connectivity index (χ2n) is 7.28. The van der Waals surface area contributed by atoms with Gasteiger partial charge in [0.2, 0.25) is 0 Å². The van der Waals surface area contributed by atoms with Crippen LogP contribution in [-0.2, 0) is 42.6 Å². The number of anilines is 1. The molecule has 0 radical (unpaired) electrons. The summed E-state index contributed by atoms with van der Waals surface area (Å²) >= 11 is 0. The minimum Gasteiger partial charge on any atom is -0.489 e. The van der Waals surface area contributed by atoms with Gasteiger partial charge >= 0.3 is 0 Å². The molecule has 0 aliphatic heterocycles. The van der Waals surface area contributed by atoms with E-state index in [0.29, 0.717) is 130 Å². The van der Waals surface area contributed by atoms with Gasteiger partial charge in [0.05, 0.1) is 118 Å². The lowest BCUT2D eigenvalue weighted by atomic mass is 10.3. The molecule has 1 aromatic carbocycles. The van der Waals surface area contributed by atoms with Crippen molar-refractivity contribution in [3.63, 3.8) is 0 Å². The first-order valence-electron chi connectivity index (χ1n) is 12.4. The van der Waals surface area contributed by atoms with Crippen molar-refractivity contribution in [2.45, 2.75) is 0 Å². The van der Waals surface area contributed by atoms with Gasteiger partial charge in [0, 0.05) is 7.11 Å². The van der Waals surface area contributed by atoms with Crippen LogP contribution < -0.4 is 10.5 Å². The summed E-state index contributed by atoms with van der Waals surface area (Å²) in [4.78, 5) is 0. The average molecular weight is 520 g/mol. The predicted octanol–water partition coefficient (Wildman–Crippen LogP) is 1.43. The first-order chi connectivity index (χ1) is 17.8. The first kappa shape index (κ1) is 32.5. The molecular weight excluding hydrogens is 474 g/mol. The van der Waals surface area contributed by atoms with E-state index in [1.165, 1.54) is 0 Å². The van der Waals surface area contributed by atoms with Gasteiger partial charge in [-0.1, -0.05) is 12.1 Å². The van der Waals surface area contributed by atoms with Gasteiger partial charge in [-0.15, -0.1) is 0 Å². The van der Waals surface area contributed by atoms with E-state index in [1.807, 2.05) is 18.2 Å². The molecule has 0 amide bonds. The summed E-state index contributed by atoms with van der Waals surface area (Å²) in [5.41, 5.74) is 6.42. The van der Waals surface area contributed by atoms with Crippen molar-refractivity contribution in [3.05, 3.63) is 24.3 Å². The summed E-state index contributed by atoms with van der Waals surface area (Å²) in [7, 11) is 1.65. The van der Waals surface area contributed by atoms with Crippen LogP contribution in [0.3, 0.4) is 0 Å². The number of hydrogen-bond donors (Lipinski definition) is 1. The highest BCUT2D eigenvalue weighted by Gasteiger charge is 1.98. The summed E-state index contributed by atoms with van der Waals surface area (Å²) in [5.74, 6) is 0.672. The highest BCUT2D eigenvalue weighted by molar-refractivity contribution is 5.51. The topological polar surface area (TPSA) is 118 Å². The molecule has 0 bridgehead atoms. The fourth-order valence-corrected chi connectivity index (χ4v) is 2.61. The van der Waals surface area contributed by atoms with Crippen LogP contribution in [0.4, 0.5) is 5.69 Å². The fraction of sp³-hybridized carbons (Fsp3) is 0.760. The molecule has 36 heavy (non-hydrogen) atoms. The third-order valence-corrected chi connectivity index (χ3v) is 4.44. The summed E-state index contributed by atoms with van der Waals surface area (Å²) in [6.07, 6.45) is 0.